The lowest BCUT2D eigenvalue weighted by atomic mass is 10.1. The highest BCUT2D eigenvalue weighted by Crippen LogP contribution is 2.36. The van der Waals surface area contributed by atoms with Crippen LogP contribution in [0.25, 0.3) is 0 Å². The minimum Gasteiger partial charge on any atom is -0.469 e. The molecule has 1 heterocycles. The minimum absolute atomic E-state index is 0.191. The number of aryl methyl sites for hydroxylation is 1. The number of benzene rings is 2. The van der Waals surface area contributed by atoms with Gasteiger partial charge in [0.2, 0.25) is 5.91 Å². The van der Waals surface area contributed by atoms with Crippen LogP contribution in [0.4, 0.5) is 11.4 Å². The lowest BCUT2D eigenvalue weighted by molar-refractivity contribution is -0.143. The number of nitrogen functional groups attached to an aromatic ring is 1. The second kappa shape index (κ2) is 8.00. The van der Waals surface area contributed by atoms with Crippen molar-refractivity contribution >= 4 is 40.8 Å². The Hall–Kier alpha value is -3.26. The quantitative estimate of drug-likeness (QED) is 0.584. The maximum Gasteiger partial charge on any atom is 0.308 e. The van der Waals surface area contributed by atoms with Gasteiger partial charge in [-0.3, -0.25) is 14.4 Å². The molecule has 1 atom stereocenters. The van der Waals surface area contributed by atoms with E-state index in [1.165, 1.54) is 31.2 Å². The fourth-order valence-corrected chi connectivity index (χ4v) is 3.33. The first-order valence-corrected chi connectivity index (χ1v) is 9.10. The molecule has 2 aromatic rings. The van der Waals surface area contributed by atoms with Gasteiger partial charge in [-0.2, -0.15) is 0 Å². The highest BCUT2D eigenvalue weighted by atomic mass is 35.5. The Morgan fingerprint density at radius 1 is 1.24 bits per heavy atom. The normalized spacial score (nSPS) is 16.0. The van der Waals surface area contributed by atoms with Gasteiger partial charge < -0.3 is 25.4 Å². The standard InChI is InChI=1S/C20H20ClN3O5/c1-10-4-11(21)6-12(5-10)29-17-7-13-15(8-14(17)22)23-19(26)16(9-18(25)28-3)24(2)20(13)27/h4-8,16H,9,22H2,1-3H3,(H,23,26)/t16-/m0/s1. The SMILES string of the molecule is COC(=O)C[C@H]1C(=O)Nc2cc(N)c(Oc3cc(C)cc(Cl)c3)cc2C(=O)N1C. The Kier molecular flexibility index (Phi) is 5.65. The molecule has 8 nitrogen and oxygen atoms in total. The zero-order valence-corrected chi connectivity index (χ0v) is 16.9. The number of rotatable bonds is 4. The number of nitrogens with zero attached hydrogens (tertiary/aromatic N) is 1. The van der Waals surface area contributed by atoms with E-state index in [2.05, 4.69) is 10.1 Å². The highest BCUT2D eigenvalue weighted by Gasteiger charge is 2.35. The van der Waals surface area contributed by atoms with Gasteiger partial charge in [-0.25, -0.2) is 0 Å². The van der Waals surface area contributed by atoms with E-state index in [0.717, 1.165) is 5.56 Å². The molecule has 0 aromatic heterocycles. The Morgan fingerprint density at radius 2 is 1.97 bits per heavy atom. The number of ether oxygens (including phenoxy) is 2. The molecule has 152 valence electrons. The summed E-state index contributed by atoms with van der Waals surface area (Å²) in [6.07, 6.45) is -0.265. The zero-order valence-electron chi connectivity index (χ0n) is 16.1. The van der Waals surface area contributed by atoms with Crippen molar-refractivity contribution in [2.24, 2.45) is 0 Å². The molecule has 9 heteroatoms. The number of fused-ring (bicyclic) bond motifs is 1. The van der Waals surface area contributed by atoms with Crippen LogP contribution >= 0.6 is 11.6 Å². The number of esters is 1. The Morgan fingerprint density at radius 3 is 2.62 bits per heavy atom. The fraction of sp³-hybridized carbons (Fsp3) is 0.250. The Balaban J connectivity index is 1.97. The van der Waals surface area contributed by atoms with Gasteiger partial charge in [0.15, 0.2) is 5.75 Å². The van der Waals surface area contributed by atoms with E-state index in [4.69, 9.17) is 22.1 Å². The predicted molar refractivity (Wildman–Crippen MR) is 108 cm³/mol. The number of methoxy groups -OCH3 is 1. The van der Waals surface area contributed by atoms with Gasteiger partial charge in [0.25, 0.3) is 5.91 Å². The Labute approximate surface area is 172 Å². The zero-order chi connectivity index (χ0) is 21.3. The van der Waals surface area contributed by atoms with Crippen molar-refractivity contribution in [3.05, 3.63) is 46.5 Å². The lowest BCUT2D eigenvalue weighted by Gasteiger charge is -2.23. The summed E-state index contributed by atoms with van der Waals surface area (Å²) >= 11 is 6.06. The number of halogens is 1. The predicted octanol–water partition coefficient (Wildman–Crippen LogP) is 2.98. The van der Waals surface area contributed by atoms with Gasteiger partial charge in [0.1, 0.15) is 11.8 Å². The topological polar surface area (TPSA) is 111 Å². The average Bonchev–Trinajstić information content (AvgIpc) is 2.72. The van der Waals surface area contributed by atoms with Crippen LogP contribution in [-0.2, 0) is 14.3 Å². The van der Waals surface area contributed by atoms with E-state index < -0.39 is 23.8 Å². The molecule has 0 spiro atoms. The van der Waals surface area contributed by atoms with E-state index in [0.29, 0.717) is 10.8 Å². The van der Waals surface area contributed by atoms with Crippen LogP contribution < -0.4 is 15.8 Å². The van der Waals surface area contributed by atoms with Crippen LogP contribution in [0, 0.1) is 6.92 Å². The summed E-state index contributed by atoms with van der Waals surface area (Å²) in [5.74, 6) is -0.866. The van der Waals surface area contributed by atoms with E-state index in [-0.39, 0.29) is 29.1 Å². The van der Waals surface area contributed by atoms with Gasteiger partial charge in [0, 0.05) is 12.1 Å². The molecule has 0 saturated carbocycles. The second-order valence-electron chi connectivity index (χ2n) is 6.70. The van der Waals surface area contributed by atoms with Crippen LogP contribution in [0.15, 0.2) is 30.3 Å². The van der Waals surface area contributed by atoms with E-state index >= 15 is 0 Å². The summed E-state index contributed by atoms with van der Waals surface area (Å²) in [6.45, 7) is 1.87. The van der Waals surface area contributed by atoms with Crippen LogP contribution in [0.1, 0.15) is 22.3 Å². The third kappa shape index (κ3) is 4.27. The first-order valence-electron chi connectivity index (χ1n) is 8.73. The number of hydrogen-bond acceptors (Lipinski definition) is 6. The maximum atomic E-state index is 13.0. The molecule has 1 aliphatic heterocycles. The van der Waals surface area contributed by atoms with Crippen molar-refractivity contribution in [3.63, 3.8) is 0 Å². The summed E-state index contributed by atoms with van der Waals surface area (Å²) in [4.78, 5) is 38.3. The van der Waals surface area contributed by atoms with Gasteiger partial charge >= 0.3 is 5.97 Å². The minimum atomic E-state index is -1.01. The van der Waals surface area contributed by atoms with Crippen molar-refractivity contribution < 1.29 is 23.9 Å². The van der Waals surface area contributed by atoms with Gasteiger partial charge in [-0.15, -0.1) is 0 Å². The summed E-state index contributed by atoms with van der Waals surface area (Å²) in [5, 5.41) is 3.15. The third-order valence-electron chi connectivity index (χ3n) is 4.56. The van der Waals surface area contributed by atoms with Crippen LogP contribution in [-0.4, -0.2) is 42.9 Å². The van der Waals surface area contributed by atoms with Crippen LogP contribution in [0.5, 0.6) is 11.5 Å². The molecule has 3 N–H and O–H groups in total. The fourth-order valence-electron chi connectivity index (χ4n) is 3.05. The summed E-state index contributed by atoms with van der Waals surface area (Å²) in [6, 6.07) is 7.08. The smallest absolute Gasteiger partial charge is 0.308 e. The van der Waals surface area contributed by atoms with Crippen molar-refractivity contribution in [1.29, 1.82) is 0 Å². The van der Waals surface area contributed by atoms with Crippen molar-refractivity contribution in [1.82, 2.24) is 4.90 Å². The number of carbonyl (C=O) groups excluding carboxylic acids is 3. The van der Waals surface area contributed by atoms with E-state index in [9.17, 15) is 14.4 Å². The number of nitrogens with two attached hydrogens (primary N) is 1. The molecule has 2 amide bonds. The van der Waals surface area contributed by atoms with Gasteiger partial charge in [0.05, 0.1) is 30.5 Å². The largest absolute Gasteiger partial charge is 0.469 e. The van der Waals surface area contributed by atoms with Gasteiger partial charge in [-0.1, -0.05) is 11.6 Å². The van der Waals surface area contributed by atoms with Crippen LogP contribution in [0.3, 0.4) is 0 Å². The number of likely N-dealkylation sites (N-methyl/N-ethyl adjacent to an activating group) is 1. The summed E-state index contributed by atoms with van der Waals surface area (Å²) in [5.41, 5.74) is 7.63. The molecular formula is C20H20ClN3O5. The molecule has 0 aliphatic carbocycles. The molecule has 1 aliphatic rings. The monoisotopic (exact) mass is 417 g/mol. The molecule has 0 bridgehead atoms. The molecular weight excluding hydrogens is 398 g/mol. The maximum absolute atomic E-state index is 13.0. The third-order valence-corrected chi connectivity index (χ3v) is 4.78. The van der Waals surface area contributed by atoms with Crippen LogP contribution in [0.2, 0.25) is 5.02 Å². The average molecular weight is 418 g/mol. The molecule has 0 unspecified atom stereocenters. The second-order valence-corrected chi connectivity index (χ2v) is 7.14. The van der Waals surface area contributed by atoms with E-state index in [1.807, 2.05) is 6.92 Å². The number of nitrogens with one attached hydrogen (secondary N) is 1. The molecule has 0 radical (unpaired) electrons. The number of anilines is 2. The van der Waals surface area contributed by atoms with E-state index in [1.54, 1.807) is 18.2 Å². The first kappa shape index (κ1) is 20.5. The van der Waals surface area contributed by atoms with Crippen molar-refractivity contribution in [3.8, 4) is 11.5 Å². The number of hydrogen-bond donors (Lipinski definition) is 2. The van der Waals surface area contributed by atoms with Crippen molar-refractivity contribution in [2.75, 3.05) is 25.2 Å². The molecule has 2 aromatic carbocycles. The number of amides is 2. The summed E-state index contributed by atoms with van der Waals surface area (Å²) in [7, 11) is 2.66. The van der Waals surface area contributed by atoms with Gasteiger partial charge in [-0.05, 0) is 42.8 Å². The molecule has 0 fully saturated rings. The molecule has 3 rings (SSSR count). The van der Waals surface area contributed by atoms with Crippen molar-refractivity contribution in [2.45, 2.75) is 19.4 Å². The molecule has 29 heavy (non-hydrogen) atoms. The number of carbonyl (C=O) groups is 3. The Bertz CT molecular complexity index is 988. The summed E-state index contributed by atoms with van der Waals surface area (Å²) < 4.78 is 10.4. The molecule has 0 saturated heterocycles. The highest BCUT2D eigenvalue weighted by molar-refractivity contribution is 6.30. The lowest BCUT2D eigenvalue weighted by Crippen LogP contribution is -2.44. The first-order chi connectivity index (χ1) is 13.7.